The molecule has 0 radical (unpaired) electrons. The fraction of sp³-hybridized carbons (Fsp3) is 0.435. The van der Waals surface area contributed by atoms with Crippen LogP contribution >= 0.6 is 11.8 Å². The maximum absolute atomic E-state index is 13.0. The van der Waals surface area contributed by atoms with Crippen molar-refractivity contribution in [3.63, 3.8) is 0 Å². The molecule has 9 nitrogen and oxygen atoms in total. The highest BCUT2D eigenvalue weighted by molar-refractivity contribution is 7.99. The summed E-state index contributed by atoms with van der Waals surface area (Å²) in [6.07, 6.45) is -1.77. The second kappa shape index (κ2) is 9.69. The summed E-state index contributed by atoms with van der Waals surface area (Å²) in [4.78, 5) is 25.0. The van der Waals surface area contributed by atoms with Crippen LogP contribution in [0.1, 0.15) is 32.0 Å². The minimum Gasteiger partial charge on any atom is -0.387 e. The number of piperazine rings is 1. The standard InChI is InChI=1S/C23H26F3N9S/c1-13(27)10-18(28)31-19-12-20(35-8-6-34(7-9-35)14-2-3-14)33-22(32-19)36-15-4-5-16-17(11-15)30-21(29-16)23(24,25)26/h4-5,11-12,14,27H,2-3,6-10H2,1H3,(H,29,30)(H2,28,31,32,33). The second-order valence-corrected chi connectivity index (χ2v) is 10.1. The Morgan fingerprint density at radius 2 is 1.92 bits per heavy atom. The van der Waals surface area contributed by atoms with Crippen LogP contribution in [-0.4, -0.2) is 68.6 Å². The molecule has 2 aliphatic rings. The van der Waals surface area contributed by atoms with E-state index in [2.05, 4.69) is 29.7 Å². The SMILES string of the molecule is CC(=N)CC(N)=Nc1cc(N2CCN(C3CC3)CC2)nc(Sc2ccc3nc(C(F)(F)F)[nH]c3c2)n1. The van der Waals surface area contributed by atoms with Gasteiger partial charge in [-0.05, 0) is 49.7 Å². The molecule has 1 saturated heterocycles. The van der Waals surface area contributed by atoms with E-state index in [-0.39, 0.29) is 23.3 Å². The molecule has 190 valence electrons. The number of H-pyrrole nitrogens is 1. The van der Waals surface area contributed by atoms with Gasteiger partial charge in [0.2, 0.25) is 5.82 Å². The molecular formula is C23H26F3N9S. The monoisotopic (exact) mass is 517 g/mol. The summed E-state index contributed by atoms with van der Waals surface area (Å²) >= 11 is 1.23. The number of fused-ring (bicyclic) bond motifs is 1. The van der Waals surface area contributed by atoms with Crippen LogP contribution in [-0.2, 0) is 6.18 Å². The van der Waals surface area contributed by atoms with Crippen LogP contribution in [0.25, 0.3) is 11.0 Å². The first-order valence-electron chi connectivity index (χ1n) is 11.6. The molecule has 0 amide bonds. The van der Waals surface area contributed by atoms with Crippen LogP contribution in [0.4, 0.5) is 24.8 Å². The van der Waals surface area contributed by atoms with Crippen molar-refractivity contribution in [3.05, 3.63) is 30.1 Å². The number of hydrogen-bond donors (Lipinski definition) is 3. The zero-order valence-corrected chi connectivity index (χ0v) is 20.5. The van der Waals surface area contributed by atoms with Crippen LogP contribution in [0.5, 0.6) is 0 Å². The van der Waals surface area contributed by atoms with Gasteiger partial charge in [-0.1, -0.05) is 0 Å². The fourth-order valence-corrected chi connectivity index (χ4v) is 4.97. The number of hydrogen-bond acceptors (Lipinski definition) is 8. The first-order chi connectivity index (χ1) is 17.1. The third-order valence-electron chi connectivity index (χ3n) is 6.02. The van der Waals surface area contributed by atoms with Crippen molar-refractivity contribution in [2.75, 3.05) is 31.1 Å². The quantitative estimate of drug-likeness (QED) is 0.244. The summed E-state index contributed by atoms with van der Waals surface area (Å²) in [5.74, 6) is 0.355. The Balaban J connectivity index is 1.42. The number of imidazole rings is 1. The average Bonchev–Trinajstić information content (AvgIpc) is 3.56. The molecular weight excluding hydrogens is 491 g/mol. The van der Waals surface area contributed by atoms with Crippen LogP contribution in [0.2, 0.25) is 0 Å². The first-order valence-corrected chi connectivity index (χ1v) is 12.5. The smallest absolute Gasteiger partial charge is 0.387 e. The molecule has 1 aliphatic carbocycles. The van der Waals surface area contributed by atoms with Crippen molar-refractivity contribution in [2.24, 2.45) is 10.7 Å². The van der Waals surface area contributed by atoms with Crippen LogP contribution in [0.3, 0.4) is 0 Å². The predicted molar refractivity (Wildman–Crippen MR) is 133 cm³/mol. The third-order valence-corrected chi connectivity index (χ3v) is 6.87. The highest BCUT2D eigenvalue weighted by Gasteiger charge is 2.35. The van der Waals surface area contributed by atoms with Gasteiger partial charge in [0.1, 0.15) is 11.7 Å². The molecule has 0 spiro atoms. The highest BCUT2D eigenvalue weighted by Crippen LogP contribution is 2.34. The van der Waals surface area contributed by atoms with Crippen LogP contribution < -0.4 is 10.6 Å². The lowest BCUT2D eigenvalue weighted by Gasteiger charge is -2.35. The molecule has 1 aromatic carbocycles. The van der Waals surface area contributed by atoms with Gasteiger partial charge in [0, 0.05) is 55.3 Å². The maximum Gasteiger partial charge on any atom is 0.449 e. The largest absolute Gasteiger partial charge is 0.449 e. The molecule has 5 rings (SSSR count). The van der Waals surface area contributed by atoms with E-state index in [4.69, 9.17) is 16.1 Å². The van der Waals surface area contributed by atoms with Crippen LogP contribution in [0.15, 0.2) is 39.3 Å². The fourth-order valence-electron chi connectivity index (χ4n) is 4.17. The number of benzene rings is 1. The number of aliphatic imine (C=N–C) groups is 1. The summed E-state index contributed by atoms with van der Waals surface area (Å²) < 4.78 is 39.1. The lowest BCUT2D eigenvalue weighted by atomic mass is 10.3. The first kappa shape index (κ1) is 24.5. The summed E-state index contributed by atoms with van der Waals surface area (Å²) in [5, 5.41) is 8.07. The van der Waals surface area contributed by atoms with Gasteiger partial charge < -0.3 is 21.0 Å². The summed E-state index contributed by atoms with van der Waals surface area (Å²) in [6.45, 7) is 5.24. The van der Waals surface area contributed by atoms with Gasteiger partial charge in [0.05, 0.1) is 11.0 Å². The van der Waals surface area contributed by atoms with Crippen molar-refractivity contribution >= 4 is 46.0 Å². The lowest BCUT2D eigenvalue weighted by Crippen LogP contribution is -2.47. The van der Waals surface area contributed by atoms with Crippen molar-refractivity contribution in [1.82, 2.24) is 24.8 Å². The van der Waals surface area contributed by atoms with E-state index in [1.165, 1.54) is 30.7 Å². The Bertz CT molecular complexity index is 1310. The van der Waals surface area contributed by atoms with E-state index < -0.39 is 12.0 Å². The Labute approximate surface area is 209 Å². The maximum atomic E-state index is 13.0. The predicted octanol–water partition coefficient (Wildman–Crippen LogP) is 4.23. The van der Waals surface area contributed by atoms with Gasteiger partial charge in [0.25, 0.3) is 0 Å². The van der Waals surface area contributed by atoms with E-state index in [0.717, 1.165) is 32.0 Å². The molecule has 1 saturated carbocycles. The van der Waals surface area contributed by atoms with Crippen LogP contribution in [0, 0.1) is 5.41 Å². The van der Waals surface area contributed by atoms with E-state index >= 15 is 0 Å². The van der Waals surface area contributed by atoms with Gasteiger partial charge in [-0.3, -0.25) is 4.90 Å². The van der Waals surface area contributed by atoms with E-state index in [9.17, 15) is 13.2 Å². The molecule has 36 heavy (non-hydrogen) atoms. The lowest BCUT2D eigenvalue weighted by molar-refractivity contribution is -0.144. The van der Waals surface area contributed by atoms with E-state index in [1.54, 1.807) is 25.1 Å². The van der Waals surface area contributed by atoms with Gasteiger partial charge in [-0.15, -0.1) is 0 Å². The molecule has 3 aromatic rings. The Morgan fingerprint density at radius 3 is 2.58 bits per heavy atom. The van der Waals surface area contributed by atoms with Crippen molar-refractivity contribution in [3.8, 4) is 0 Å². The molecule has 13 heteroatoms. The second-order valence-electron chi connectivity index (χ2n) is 9.05. The number of amidine groups is 1. The third kappa shape index (κ3) is 5.78. The number of nitrogens with two attached hydrogens (primary N) is 1. The van der Waals surface area contributed by atoms with Crippen molar-refractivity contribution in [1.29, 1.82) is 5.41 Å². The number of alkyl halides is 3. The number of aromatic amines is 1. The molecule has 0 unspecified atom stereocenters. The number of nitrogens with zero attached hydrogens (tertiary/aromatic N) is 6. The molecule has 1 aliphatic heterocycles. The van der Waals surface area contributed by atoms with Gasteiger partial charge in [-0.25, -0.2) is 19.9 Å². The molecule has 3 heterocycles. The minimum absolute atomic E-state index is 0.231. The van der Waals surface area contributed by atoms with Crippen molar-refractivity contribution < 1.29 is 13.2 Å². The molecule has 4 N–H and O–H groups in total. The van der Waals surface area contributed by atoms with E-state index in [0.29, 0.717) is 27.6 Å². The summed E-state index contributed by atoms with van der Waals surface area (Å²) in [7, 11) is 0. The number of aromatic nitrogens is 4. The molecule has 2 aromatic heterocycles. The van der Waals surface area contributed by atoms with E-state index in [1.807, 2.05) is 0 Å². The Hall–Kier alpha value is -3.19. The number of halogens is 3. The number of nitrogens with one attached hydrogen (secondary N) is 2. The Kier molecular flexibility index (Phi) is 6.60. The normalized spacial score (nSPS) is 17.7. The number of rotatable bonds is 7. The van der Waals surface area contributed by atoms with Gasteiger partial charge >= 0.3 is 6.18 Å². The van der Waals surface area contributed by atoms with Crippen molar-refractivity contribution in [2.45, 2.75) is 48.5 Å². The topological polar surface area (TPSA) is 123 Å². The average molecular weight is 518 g/mol. The molecule has 2 fully saturated rings. The van der Waals surface area contributed by atoms with Gasteiger partial charge in [0.15, 0.2) is 11.0 Å². The molecule has 0 bridgehead atoms. The number of anilines is 1. The minimum atomic E-state index is -4.55. The zero-order chi connectivity index (χ0) is 25.4. The summed E-state index contributed by atoms with van der Waals surface area (Å²) in [6, 6.07) is 7.32. The Morgan fingerprint density at radius 1 is 1.17 bits per heavy atom. The highest BCUT2D eigenvalue weighted by atomic mass is 32.2. The summed E-state index contributed by atoms with van der Waals surface area (Å²) in [5.41, 5.74) is 6.92. The van der Waals surface area contributed by atoms with Gasteiger partial charge in [-0.2, -0.15) is 13.2 Å². The molecule has 0 atom stereocenters. The zero-order valence-electron chi connectivity index (χ0n) is 19.6.